The number of aromatic nitrogens is 1. The Bertz CT molecular complexity index is 484. The number of aromatic carboxylic acids is 1. The fourth-order valence-corrected chi connectivity index (χ4v) is 1.58. The topological polar surface area (TPSA) is 99.0 Å². The average Bonchev–Trinajstić information content (AvgIpc) is 2.18. The van der Waals surface area contributed by atoms with Gasteiger partial charge in [0.05, 0.1) is 10.7 Å². The standard InChI is InChI=1S/C7H4BrClN4O2/c1-2-4(12-13-10)3(9)5(7(14)15)11-6(2)8/h1H3,(H,14,15). The Morgan fingerprint density at radius 3 is 2.80 bits per heavy atom. The van der Waals surface area contributed by atoms with Gasteiger partial charge >= 0.3 is 5.97 Å². The molecule has 0 saturated heterocycles. The molecular formula is C7H4BrClN4O2. The van der Waals surface area contributed by atoms with Crippen LogP contribution in [0.2, 0.25) is 5.02 Å². The number of hydrogen-bond donors (Lipinski definition) is 1. The zero-order valence-electron chi connectivity index (χ0n) is 7.40. The molecule has 6 nitrogen and oxygen atoms in total. The first kappa shape index (κ1) is 11.8. The highest BCUT2D eigenvalue weighted by Gasteiger charge is 2.18. The van der Waals surface area contributed by atoms with E-state index in [0.29, 0.717) is 5.56 Å². The maximum atomic E-state index is 10.7. The largest absolute Gasteiger partial charge is 0.476 e. The molecule has 1 N–H and O–H groups in total. The van der Waals surface area contributed by atoms with Crippen LogP contribution in [0.25, 0.3) is 10.4 Å². The van der Waals surface area contributed by atoms with E-state index >= 15 is 0 Å². The summed E-state index contributed by atoms with van der Waals surface area (Å²) in [5.74, 6) is -1.28. The summed E-state index contributed by atoms with van der Waals surface area (Å²) in [7, 11) is 0. The molecule has 15 heavy (non-hydrogen) atoms. The van der Waals surface area contributed by atoms with Crippen molar-refractivity contribution in [1.82, 2.24) is 4.98 Å². The average molecular weight is 291 g/mol. The van der Waals surface area contributed by atoms with Crippen molar-refractivity contribution < 1.29 is 9.90 Å². The maximum absolute atomic E-state index is 10.7. The van der Waals surface area contributed by atoms with E-state index in [-0.39, 0.29) is 21.0 Å². The van der Waals surface area contributed by atoms with Crippen LogP contribution in [0.4, 0.5) is 5.69 Å². The second-order valence-corrected chi connectivity index (χ2v) is 3.66. The summed E-state index contributed by atoms with van der Waals surface area (Å²) in [6, 6.07) is 0. The van der Waals surface area contributed by atoms with E-state index in [0.717, 1.165) is 0 Å². The lowest BCUT2D eigenvalue weighted by atomic mass is 10.2. The van der Waals surface area contributed by atoms with Gasteiger partial charge in [-0.25, -0.2) is 9.78 Å². The van der Waals surface area contributed by atoms with Crippen LogP contribution in [0.3, 0.4) is 0 Å². The third-order valence-corrected chi connectivity index (χ3v) is 2.77. The highest BCUT2D eigenvalue weighted by molar-refractivity contribution is 9.10. The number of carbonyl (C=O) groups is 1. The number of halogens is 2. The Kier molecular flexibility index (Phi) is 3.52. The summed E-state index contributed by atoms with van der Waals surface area (Å²) in [5.41, 5.74) is 8.51. The summed E-state index contributed by atoms with van der Waals surface area (Å²) in [4.78, 5) is 17.0. The van der Waals surface area contributed by atoms with Gasteiger partial charge in [-0.3, -0.25) is 0 Å². The SMILES string of the molecule is Cc1c(Br)nc(C(=O)O)c(Cl)c1N=[N+]=[N-]. The van der Waals surface area contributed by atoms with Crippen LogP contribution in [-0.2, 0) is 0 Å². The summed E-state index contributed by atoms with van der Waals surface area (Å²) < 4.78 is 0.284. The molecule has 1 heterocycles. The van der Waals surface area contributed by atoms with Crippen molar-refractivity contribution in [2.45, 2.75) is 6.92 Å². The molecule has 0 aliphatic heterocycles. The lowest BCUT2D eigenvalue weighted by Crippen LogP contribution is -2.03. The summed E-state index contributed by atoms with van der Waals surface area (Å²) in [5, 5.41) is 11.9. The van der Waals surface area contributed by atoms with Crippen molar-refractivity contribution in [3.63, 3.8) is 0 Å². The minimum absolute atomic E-state index is 0.0680. The number of pyridine rings is 1. The summed E-state index contributed by atoms with van der Waals surface area (Å²) in [6.45, 7) is 1.61. The minimum Gasteiger partial charge on any atom is -0.476 e. The second kappa shape index (κ2) is 4.48. The quantitative estimate of drug-likeness (QED) is 0.391. The van der Waals surface area contributed by atoms with E-state index in [1.54, 1.807) is 6.92 Å². The Hall–Kier alpha value is -1.30. The third kappa shape index (κ3) is 2.20. The molecule has 0 bridgehead atoms. The molecule has 0 aliphatic carbocycles. The molecule has 1 aromatic rings. The molecule has 0 unspecified atom stereocenters. The Balaban J connectivity index is 3.62. The third-order valence-electron chi connectivity index (χ3n) is 1.64. The van der Waals surface area contributed by atoms with Crippen molar-refractivity contribution in [2.24, 2.45) is 5.11 Å². The Morgan fingerprint density at radius 1 is 1.73 bits per heavy atom. The molecule has 0 spiro atoms. The fraction of sp³-hybridized carbons (Fsp3) is 0.143. The molecule has 0 fully saturated rings. The van der Waals surface area contributed by atoms with Gasteiger partial charge in [-0.1, -0.05) is 16.7 Å². The Labute approximate surface area is 97.6 Å². The number of carboxylic acids is 1. The summed E-state index contributed by atoms with van der Waals surface area (Å²) in [6.07, 6.45) is 0. The predicted molar refractivity (Wildman–Crippen MR) is 57.4 cm³/mol. The van der Waals surface area contributed by atoms with Crippen molar-refractivity contribution in [3.05, 3.63) is 31.3 Å². The van der Waals surface area contributed by atoms with Crippen molar-refractivity contribution in [2.75, 3.05) is 0 Å². The number of carboxylic acid groups (broad SMARTS) is 1. The van der Waals surface area contributed by atoms with Crippen molar-refractivity contribution in [3.8, 4) is 0 Å². The van der Waals surface area contributed by atoms with Crippen LogP contribution in [0.1, 0.15) is 16.1 Å². The van der Waals surface area contributed by atoms with Gasteiger partial charge in [0.25, 0.3) is 0 Å². The van der Waals surface area contributed by atoms with Crippen LogP contribution < -0.4 is 0 Å². The lowest BCUT2D eigenvalue weighted by molar-refractivity contribution is 0.0690. The second-order valence-electron chi connectivity index (χ2n) is 2.53. The van der Waals surface area contributed by atoms with E-state index in [9.17, 15) is 4.79 Å². The molecule has 0 atom stereocenters. The normalized spacial score (nSPS) is 9.53. The lowest BCUT2D eigenvalue weighted by Gasteiger charge is -2.06. The molecule has 0 aromatic carbocycles. The van der Waals surface area contributed by atoms with Crippen LogP contribution in [0.5, 0.6) is 0 Å². The van der Waals surface area contributed by atoms with Gasteiger partial charge in [-0.2, -0.15) is 0 Å². The van der Waals surface area contributed by atoms with E-state index in [1.807, 2.05) is 0 Å². The number of azide groups is 1. The minimum atomic E-state index is -1.28. The van der Waals surface area contributed by atoms with Gasteiger partial charge < -0.3 is 5.11 Å². The van der Waals surface area contributed by atoms with Crippen LogP contribution in [-0.4, -0.2) is 16.1 Å². The molecule has 78 valence electrons. The molecule has 1 aromatic heterocycles. The van der Waals surface area contributed by atoms with Crippen LogP contribution in [0, 0.1) is 6.92 Å². The molecule has 8 heteroatoms. The molecular weight excluding hydrogens is 287 g/mol. The first-order chi connectivity index (χ1) is 6.99. The van der Waals surface area contributed by atoms with Crippen molar-refractivity contribution >= 4 is 39.2 Å². The van der Waals surface area contributed by atoms with E-state index in [2.05, 4.69) is 30.9 Å². The Morgan fingerprint density at radius 2 is 2.33 bits per heavy atom. The monoisotopic (exact) mass is 290 g/mol. The highest BCUT2D eigenvalue weighted by atomic mass is 79.9. The number of rotatable bonds is 2. The fourth-order valence-electron chi connectivity index (χ4n) is 0.911. The van der Waals surface area contributed by atoms with E-state index in [1.165, 1.54) is 0 Å². The van der Waals surface area contributed by atoms with E-state index in [4.69, 9.17) is 22.2 Å². The zero-order chi connectivity index (χ0) is 11.6. The maximum Gasteiger partial charge on any atom is 0.356 e. The van der Waals surface area contributed by atoms with Crippen LogP contribution in [0.15, 0.2) is 9.72 Å². The highest BCUT2D eigenvalue weighted by Crippen LogP contribution is 2.34. The first-order valence-corrected chi connectivity index (χ1v) is 4.80. The van der Waals surface area contributed by atoms with Gasteiger partial charge in [0.2, 0.25) is 0 Å². The van der Waals surface area contributed by atoms with Crippen molar-refractivity contribution in [1.29, 1.82) is 0 Å². The molecule has 0 radical (unpaired) electrons. The van der Waals surface area contributed by atoms with Gasteiger partial charge in [0.15, 0.2) is 5.69 Å². The first-order valence-electron chi connectivity index (χ1n) is 3.63. The molecule has 0 saturated carbocycles. The van der Waals surface area contributed by atoms with Gasteiger partial charge in [0.1, 0.15) is 4.60 Å². The molecule has 0 amide bonds. The molecule has 1 rings (SSSR count). The number of nitrogens with zero attached hydrogens (tertiary/aromatic N) is 4. The van der Waals surface area contributed by atoms with Gasteiger partial charge in [0, 0.05) is 4.91 Å². The summed E-state index contributed by atoms with van der Waals surface area (Å²) >= 11 is 8.78. The predicted octanol–water partition coefficient (Wildman–Crippen LogP) is 3.45. The van der Waals surface area contributed by atoms with Crippen LogP contribution >= 0.6 is 27.5 Å². The van der Waals surface area contributed by atoms with E-state index < -0.39 is 5.97 Å². The van der Waals surface area contributed by atoms with Gasteiger partial charge in [-0.15, -0.1) is 0 Å². The number of hydrogen-bond acceptors (Lipinski definition) is 3. The van der Waals surface area contributed by atoms with Gasteiger partial charge in [-0.05, 0) is 33.9 Å². The molecule has 0 aliphatic rings. The zero-order valence-corrected chi connectivity index (χ0v) is 9.74. The smallest absolute Gasteiger partial charge is 0.356 e.